The first-order valence-corrected chi connectivity index (χ1v) is 2.01. The van der Waals surface area contributed by atoms with E-state index in [1.54, 1.807) is 6.08 Å². The Morgan fingerprint density at radius 3 is 2.43 bits per heavy atom. The molecule has 0 aliphatic rings. The van der Waals surface area contributed by atoms with E-state index in [-0.39, 0.29) is 7.43 Å². The molecule has 0 aromatic rings. The van der Waals surface area contributed by atoms with Crippen molar-refractivity contribution in [2.24, 2.45) is 0 Å². The highest BCUT2D eigenvalue weighted by atomic mass is 13.6. The van der Waals surface area contributed by atoms with E-state index in [4.69, 9.17) is 0 Å². The summed E-state index contributed by atoms with van der Waals surface area (Å²) in [4.78, 5) is 0. The lowest BCUT2D eigenvalue weighted by Crippen LogP contribution is -1.47. The van der Waals surface area contributed by atoms with Crippen molar-refractivity contribution < 1.29 is 0 Å². The number of hydrogen-bond acceptors (Lipinski definition) is 0. The third-order valence-electron chi connectivity index (χ3n) is 0.381. The van der Waals surface area contributed by atoms with Gasteiger partial charge in [-0.05, 0) is 6.08 Å². The zero-order valence-corrected chi connectivity index (χ0v) is 3.99. The highest BCUT2D eigenvalue weighted by molar-refractivity contribution is 5.11. The Bertz CT molecular complexity index is 79.9. The zero-order chi connectivity index (χ0) is 4.83. The molecule has 40 valence electrons. The van der Waals surface area contributed by atoms with Gasteiger partial charge in [0.2, 0.25) is 0 Å². The maximum Gasteiger partial charge on any atom is 0.00637 e. The van der Waals surface area contributed by atoms with Crippen LogP contribution in [0.2, 0.25) is 0 Å². The fourth-order valence-corrected chi connectivity index (χ4v) is 0.174. The molecule has 0 aliphatic heterocycles. The maximum atomic E-state index is 3.42. The molecule has 0 aromatic heterocycles. The van der Waals surface area contributed by atoms with Crippen molar-refractivity contribution in [3.05, 3.63) is 12.7 Å². The molecule has 0 aliphatic carbocycles. The van der Waals surface area contributed by atoms with Crippen molar-refractivity contribution in [2.75, 3.05) is 0 Å². The Morgan fingerprint density at radius 1 is 1.71 bits per heavy atom. The van der Waals surface area contributed by atoms with Crippen LogP contribution in [0, 0.1) is 11.8 Å². The highest BCUT2D eigenvalue weighted by Gasteiger charge is 1.51. The molecule has 0 bridgehead atoms. The van der Waals surface area contributed by atoms with Crippen LogP contribution >= 0.6 is 0 Å². The van der Waals surface area contributed by atoms with E-state index in [0.29, 0.717) is 0 Å². The second-order valence-electron chi connectivity index (χ2n) is 0.879. The molecule has 0 heteroatoms. The Balaban J connectivity index is 0. The van der Waals surface area contributed by atoms with Gasteiger partial charge in [0.15, 0.2) is 0 Å². The first-order valence-electron chi connectivity index (χ1n) is 2.01. The summed E-state index contributed by atoms with van der Waals surface area (Å²) in [6, 6.07) is 0. The number of allylic oxidation sites excluding steroid dienone is 1. The maximum absolute atomic E-state index is 3.42. The largest absolute Gasteiger partial charge is 0.0988 e. The van der Waals surface area contributed by atoms with Crippen molar-refractivity contribution >= 4 is 0 Å². The fourth-order valence-electron chi connectivity index (χ4n) is 0.174. The normalized spacial score (nSPS) is 4.71. The molecule has 0 amide bonds. The van der Waals surface area contributed by atoms with Crippen molar-refractivity contribution in [1.82, 2.24) is 0 Å². The lowest BCUT2D eigenvalue weighted by atomic mass is 10.5. The van der Waals surface area contributed by atoms with Gasteiger partial charge >= 0.3 is 0 Å². The van der Waals surface area contributed by atoms with E-state index in [1.165, 1.54) is 0 Å². The standard InChI is InChI=1S/C6H8.CH4/c1-3-5-6-4-2;/h3H,1,4H2,2H3;1H4. The molecule has 7 heavy (non-hydrogen) atoms. The van der Waals surface area contributed by atoms with E-state index < -0.39 is 0 Å². The van der Waals surface area contributed by atoms with Gasteiger partial charge in [-0.25, -0.2) is 0 Å². The van der Waals surface area contributed by atoms with Gasteiger partial charge in [-0.15, -0.1) is 0 Å². The van der Waals surface area contributed by atoms with Crippen LogP contribution in [-0.4, -0.2) is 0 Å². The average molecular weight is 96.2 g/mol. The van der Waals surface area contributed by atoms with Crippen molar-refractivity contribution in [2.45, 2.75) is 20.8 Å². The van der Waals surface area contributed by atoms with E-state index >= 15 is 0 Å². The number of hydrogen-bond donors (Lipinski definition) is 0. The summed E-state index contributed by atoms with van der Waals surface area (Å²) in [5.41, 5.74) is 0. The molecule has 0 atom stereocenters. The first-order chi connectivity index (χ1) is 2.91. The molecule has 0 heterocycles. The molecular weight excluding hydrogens is 84.1 g/mol. The third kappa shape index (κ3) is 10.9. The van der Waals surface area contributed by atoms with Gasteiger partial charge in [0, 0.05) is 6.42 Å². The molecule has 0 saturated heterocycles. The Hall–Kier alpha value is -0.700. The fraction of sp³-hybridized carbons (Fsp3) is 0.429. The molecule has 0 unspecified atom stereocenters. The van der Waals surface area contributed by atoms with Gasteiger partial charge in [0.05, 0.1) is 0 Å². The smallest absolute Gasteiger partial charge is 0.00637 e. The van der Waals surface area contributed by atoms with Crippen LogP contribution in [-0.2, 0) is 0 Å². The summed E-state index contributed by atoms with van der Waals surface area (Å²) in [5.74, 6) is 5.54. The van der Waals surface area contributed by atoms with Crippen molar-refractivity contribution in [1.29, 1.82) is 0 Å². The van der Waals surface area contributed by atoms with Crippen LogP contribution in [0.3, 0.4) is 0 Å². The van der Waals surface area contributed by atoms with E-state index in [2.05, 4.69) is 18.4 Å². The van der Waals surface area contributed by atoms with Gasteiger partial charge < -0.3 is 0 Å². The molecule has 0 fully saturated rings. The van der Waals surface area contributed by atoms with Gasteiger partial charge in [-0.2, -0.15) is 0 Å². The van der Waals surface area contributed by atoms with E-state index in [1.807, 2.05) is 6.92 Å². The lowest BCUT2D eigenvalue weighted by molar-refractivity contribution is 1.28. The van der Waals surface area contributed by atoms with Crippen LogP contribution in [0.4, 0.5) is 0 Å². The Labute approximate surface area is 46.2 Å². The quantitative estimate of drug-likeness (QED) is 0.406. The predicted octanol–water partition coefficient (Wildman–Crippen LogP) is 2.22. The van der Waals surface area contributed by atoms with Gasteiger partial charge in [-0.3, -0.25) is 0 Å². The summed E-state index contributed by atoms with van der Waals surface area (Å²) in [7, 11) is 0. The molecule has 0 spiro atoms. The van der Waals surface area contributed by atoms with Gasteiger partial charge in [0.25, 0.3) is 0 Å². The summed E-state index contributed by atoms with van der Waals surface area (Å²) in [6.07, 6.45) is 2.52. The van der Waals surface area contributed by atoms with Gasteiger partial charge in [-0.1, -0.05) is 32.8 Å². The van der Waals surface area contributed by atoms with Crippen LogP contribution in [0.1, 0.15) is 20.8 Å². The molecule has 0 nitrogen and oxygen atoms in total. The van der Waals surface area contributed by atoms with Crippen molar-refractivity contribution in [3.63, 3.8) is 0 Å². The minimum atomic E-state index is 0. The van der Waals surface area contributed by atoms with Crippen molar-refractivity contribution in [3.8, 4) is 11.8 Å². The molecule has 0 aromatic carbocycles. The molecule has 0 radical (unpaired) electrons. The second-order valence-corrected chi connectivity index (χ2v) is 0.879. The highest BCUT2D eigenvalue weighted by Crippen LogP contribution is 1.64. The summed E-state index contributed by atoms with van der Waals surface area (Å²) >= 11 is 0. The van der Waals surface area contributed by atoms with E-state index in [9.17, 15) is 0 Å². The Morgan fingerprint density at radius 2 is 2.29 bits per heavy atom. The zero-order valence-electron chi connectivity index (χ0n) is 3.99. The molecule has 0 rings (SSSR count). The summed E-state index contributed by atoms with van der Waals surface area (Å²) in [6.45, 7) is 5.44. The topological polar surface area (TPSA) is 0 Å². The minimum absolute atomic E-state index is 0. The second kappa shape index (κ2) is 9.00. The van der Waals surface area contributed by atoms with Crippen LogP contribution < -0.4 is 0 Å². The van der Waals surface area contributed by atoms with Crippen LogP contribution in [0.5, 0.6) is 0 Å². The summed E-state index contributed by atoms with van der Waals surface area (Å²) in [5, 5.41) is 0. The molecular formula is C7H12. The summed E-state index contributed by atoms with van der Waals surface area (Å²) < 4.78 is 0. The SMILES string of the molecule is C.C=CC#CCC. The number of rotatable bonds is 0. The first kappa shape index (κ1) is 9.57. The third-order valence-corrected chi connectivity index (χ3v) is 0.381. The monoisotopic (exact) mass is 96.1 g/mol. The van der Waals surface area contributed by atoms with Crippen LogP contribution in [0.25, 0.3) is 0 Å². The van der Waals surface area contributed by atoms with E-state index in [0.717, 1.165) is 6.42 Å². The van der Waals surface area contributed by atoms with Gasteiger partial charge in [0.1, 0.15) is 0 Å². The minimum Gasteiger partial charge on any atom is -0.0988 e. The Kier molecular flexibility index (Phi) is 12.3. The van der Waals surface area contributed by atoms with Crippen LogP contribution in [0.15, 0.2) is 12.7 Å². The lowest BCUT2D eigenvalue weighted by Gasteiger charge is -1.60. The average Bonchev–Trinajstić information content (AvgIpc) is 1.61. The molecule has 0 N–H and O–H groups in total. The molecule has 0 saturated carbocycles. The predicted molar refractivity (Wildman–Crippen MR) is 35.0 cm³/mol.